The van der Waals surface area contributed by atoms with E-state index in [1.54, 1.807) is 0 Å². The fraction of sp³-hybridized carbons (Fsp3) is 0.900. The van der Waals surface area contributed by atoms with Gasteiger partial charge in [0.25, 0.3) is 0 Å². The molecule has 0 rings (SSSR count). The molecule has 23 heavy (non-hydrogen) atoms. The third kappa shape index (κ3) is 19.0. The second kappa shape index (κ2) is 20.8. The topological polar surface area (TPSA) is 0 Å². The summed E-state index contributed by atoms with van der Waals surface area (Å²) in [6, 6.07) is 0. The summed E-state index contributed by atoms with van der Waals surface area (Å²) in [5.74, 6) is 5.35. The number of rotatable bonds is 18. The fourth-order valence-corrected chi connectivity index (χ4v) is 6.05. The van der Waals surface area contributed by atoms with E-state index in [4.69, 9.17) is 0 Å². The largest absolute Gasteiger partial charge is 0.161 e. The first-order valence-corrected chi connectivity index (χ1v) is 13.1. The van der Waals surface area contributed by atoms with Gasteiger partial charge >= 0.3 is 0 Å². The first kappa shape index (κ1) is 23.8. The summed E-state index contributed by atoms with van der Waals surface area (Å²) in [6.07, 6.45) is 16.0. The first-order chi connectivity index (χ1) is 11.3. The van der Waals surface area contributed by atoms with Gasteiger partial charge in [0.1, 0.15) is 0 Å². The van der Waals surface area contributed by atoms with Gasteiger partial charge in [-0.2, -0.15) is 23.5 Å². The number of allylic oxidation sites excluding steroid dienone is 1. The third-order valence-electron chi connectivity index (χ3n) is 3.75. The summed E-state index contributed by atoms with van der Waals surface area (Å²) in [6.45, 7) is 6.86. The lowest BCUT2D eigenvalue weighted by atomic mass is 10.2. The lowest BCUT2D eigenvalue weighted by molar-refractivity contribution is 0.729. The Kier molecular flexibility index (Phi) is 21.5. The van der Waals surface area contributed by atoms with Crippen LogP contribution in [0, 0.1) is 0 Å². The van der Waals surface area contributed by atoms with E-state index in [0.29, 0.717) is 0 Å². The summed E-state index contributed by atoms with van der Waals surface area (Å²) in [4.78, 5) is 0. The van der Waals surface area contributed by atoms with Crippen LogP contribution in [-0.2, 0) is 0 Å². The number of unbranched alkanes of at least 4 members (excludes halogenated alkanes) is 7. The van der Waals surface area contributed by atoms with Crippen molar-refractivity contribution in [1.82, 2.24) is 0 Å². The van der Waals surface area contributed by atoms with Gasteiger partial charge in [-0.25, -0.2) is 0 Å². The molecule has 0 amide bonds. The molecule has 0 aromatic rings. The Balaban J connectivity index is 3.81. The van der Waals surface area contributed by atoms with E-state index in [1.807, 2.05) is 11.8 Å². The van der Waals surface area contributed by atoms with Gasteiger partial charge in [-0.05, 0) is 42.6 Å². The van der Waals surface area contributed by atoms with E-state index < -0.39 is 0 Å². The van der Waals surface area contributed by atoms with Crippen LogP contribution in [0.4, 0.5) is 0 Å². The zero-order valence-corrected chi connectivity index (χ0v) is 18.3. The molecule has 0 aliphatic rings. The Morgan fingerprint density at radius 1 is 0.739 bits per heavy atom. The highest BCUT2D eigenvalue weighted by Gasteiger charge is 2.09. The molecule has 3 heteroatoms. The zero-order valence-electron chi connectivity index (χ0n) is 15.9. The average molecular weight is 377 g/mol. The molecular weight excluding hydrogens is 336 g/mol. The van der Waals surface area contributed by atoms with Crippen molar-refractivity contribution in [2.24, 2.45) is 0 Å². The maximum Gasteiger partial charge on any atom is 0.0232 e. The molecule has 0 aliphatic heterocycles. The van der Waals surface area contributed by atoms with E-state index >= 15 is 0 Å². The van der Waals surface area contributed by atoms with Crippen LogP contribution < -0.4 is 0 Å². The molecule has 0 nitrogen and oxygen atoms in total. The Hall–Kier alpha value is 0.790. The van der Waals surface area contributed by atoms with Crippen LogP contribution in [0.5, 0.6) is 0 Å². The van der Waals surface area contributed by atoms with E-state index in [1.165, 1.54) is 87.2 Å². The van der Waals surface area contributed by atoms with Crippen LogP contribution in [0.3, 0.4) is 0 Å². The van der Waals surface area contributed by atoms with Gasteiger partial charge in [0, 0.05) is 16.8 Å². The number of hydrogen-bond acceptors (Lipinski definition) is 3. The normalized spacial score (nSPS) is 13.0. The van der Waals surface area contributed by atoms with Crippen molar-refractivity contribution in [3.05, 3.63) is 11.5 Å². The van der Waals surface area contributed by atoms with Gasteiger partial charge in [0.2, 0.25) is 0 Å². The van der Waals surface area contributed by atoms with Gasteiger partial charge in [0.05, 0.1) is 0 Å². The molecule has 138 valence electrons. The molecule has 0 spiro atoms. The minimum absolute atomic E-state index is 0.837. The summed E-state index contributed by atoms with van der Waals surface area (Å²) in [5.41, 5.74) is 0. The van der Waals surface area contributed by atoms with Crippen LogP contribution >= 0.6 is 35.3 Å². The molecule has 0 saturated carbocycles. The molecule has 0 aromatic carbocycles. The second-order valence-electron chi connectivity index (χ2n) is 6.18. The summed E-state index contributed by atoms with van der Waals surface area (Å²) >= 11 is 6.44. The van der Waals surface area contributed by atoms with Gasteiger partial charge in [-0.3, -0.25) is 0 Å². The maximum atomic E-state index is 2.38. The van der Waals surface area contributed by atoms with E-state index in [0.717, 1.165) is 5.25 Å². The Labute approximate surface area is 159 Å². The fourth-order valence-electron chi connectivity index (χ4n) is 2.23. The van der Waals surface area contributed by atoms with Crippen LogP contribution in [0.15, 0.2) is 11.5 Å². The highest BCUT2D eigenvalue weighted by atomic mass is 32.2. The molecule has 1 atom stereocenters. The smallest absolute Gasteiger partial charge is 0.0232 e. The zero-order chi connectivity index (χ0) is 17.0. The number of thioether (sulfide) groups is 3. The van der Waals surface area contributed by atoms with Crippen molar-refractivity contribution in [3.63, 3.8) is 0 Å². The van der Waals surface area contributed by atoms with Crippen molar-refractivity contribution in [1.29, 1.82) is 0 Å². The highest BCUT2D eigenvalue weighted by molar-refractivity contribution is 8.06. The van der Waals surface area contributed by atoms with E-state index in [2.05, 4.69) is 55.8 Å². The van der Waals surface area contributed by atoms with Crippen LogP contribution in [0.2, 0.25) is 0 Å². The van der Waals surface area contributed by atoms with E-state index in [-0.39, 0.29) is 0 Å². The van der Waals surface area contributed by atoms with Crippen LogP contribution in [-0.4, -0.2) is 28.3 Å². The average Bonchev–Trinajstić information content (AvgIpc) is 2.57. The van der Waals surface area contributed by atoms with Gasteiger partial charge < -0.3 is 0 Å². The lowest BCUT2D eigenvalue weighted by Gasteiger charge is -2.15. The molecular formula is C20H40S3. The molecule has 0 radical (unpaired) electrons. The monoisotopic (exact) mass is 376 g/mol. The predicted molar refractivity (Wildman–Crippen MR) is 118 cm³/mol. The van der Waals surface area contributed by atoms with Gasteiger partial charge in [-0.15, -0.1) is 11.8 Å². The van der Waals surface area contributed by atoms with Crippen LogP contribution in [0.25, 0.3) is 0 Å². The lowest BCUT2D eigenvalue weighted by Crippen LogP contribution is -2.11. The molecule has 0 saturated heterocycles. The molecule has 0 fully saturated rings. The van der Waals surface area contributed by atoms with Crippen molar-refractivity contribution >= 4 is 35.3 Å². The highest BCUT2D eigenvalue weighted by Crippen LogP contribution is 2.23. The molecule has 1 unspecified atom stereocenters. The Morgan fingerprint density at radius 3 is 2.09 bits per heavy atom. The van der Waals surface area contributed by atoms with Gasteiger partial charge in [0.15, 0.2) is 0 Å². The number of hydrogen-bond donors (Lipinski definition) is 0. The van der Waals surface area contributed by atoms with Crippen LogP contribution in [0.1, 0.15) is 85.0 Å². The van der Waals surface area contributed by atoms with Gasteiger partial charge in [-0.1, -0.05) is 65.4 Å². The van der Waals surface area contributed by atoms with Crippen molar-refractivity contribution < 1.29 is 0 Å². The minimum Gasteiger partial charge on any atom is -0.161 e. The summed E-state index contributed by atoms with van der Waals surface area (Å²) < 4.78 is 0. The van der Waals surface area contributed by atoms with E-state index in [9.17, 15) is 0 Å². The third-order valence-corrected chi connectivity index (χ3v) is 7.69. The first-order valence-electron chi connectivity index (χ1n) is 9.81. The molecule has 0 aromatic heterocycles. The quantitative estimate of drug-likeness (QED) is 0.222. The Morgan fingerprint density at radius 2 is 1.39 bits per heavy atom. The van der Waals surface area contributed by atoms with Crippen molar-refractivity contribution in [3.8, 4) is 0 Å². The standard InChI is InChI=1S/C20H40S3/c1-4-7-10-11-14-16-22-19-20(23-17-13-9-6-3)18-21-15-12-8-5-2/h14,16,20H,4-13,15,17-19H2,1-3H3/b16-14+. The summed E-state index contributed by atoms with van der Waals surface area (Å²) in [7, 11) is 0. The van der Waals surface area contributed by atoms with Crippen molar-refractivity contribution in [2.75, 3.05) is 23.0 Å². The van der Waals surface area contributed by atoms with Crippen molar-refractivity contribution in [2.45, 2.75) is 90.2 Å². The second-order valence-corrected chi connectivity index (χ2v) is 9.68. The minimum atomic E-state index is 0.837. The molecule has 0 aliphatic carbocycles. The molecule has 0 bridgehead atoms. The predicted octanol–water partition coefficient (Wildman–Crippen LogP) is 8.03. The Bertz CT molecular complexity index is 241. The molecule has 0 heterocycles. The summed E-state index contributed by atoms with van der Waals surface area (Å²) in [5, 5.41) is 3.19. The SMILES string of the molecule is CCCCC/C=C/SCC(CSCCCCC)SCCCCC. The molecule has 0 N–H and O–H groups in total. The maximum absolute atomic E-state index is 2.38.